The Kier molecular flexibility index (Phi) is 4.97. The summed E-state index contributed by atoms with van der Waals surface area (Å²) in [5, 5.41) is 4.50. The second-order valence-electron chi connectivity index (χ2n) is 3.02. The lowest BCUT2D eigenvalue weighted by atomic mass is 10.5. The molecule has 1 heterocycles. The summed E-state index contributed by atoms with van der Waals surface area (Å²) in [6, 6.07) is 0. The first-order valence-electron chi connectivity index (χ1n) is 4.49. The van der Waals surface area contributed by atoms with Crippen molar-refractivity contribution in [1.29, 1.82) is 0 Å². The number of alkyl halides is 3. The summed E-state index contributed by atoms with van der Waals surface area (Å²) in [6.45, 7) is -0.542. The van der Waals surface area contributed by atoms with Crippen LogP contribution in [0, 0.1) is 0 Å². The van der Waals surface area contributed by atoms with Crippen molar-refractivity contribution < 1.29 is 17.9 Å². The predicted octanol–water partition coefficient (Wildman–Crippen LogP) is 1.10. The molecule has 0 saturated heterocycles. The molecule has 0 amide bonds. The van der Waals surface area contributed by atoms with E-state index in [1.165, 1.54) is 0 Å². The first kappa shape index (κ1) is 13.2. The van der Waals surface area contributed by atoms with Crippen LogP contribution in [0.1, 0.15) is 5.69 Å². The van der Waals surface area contributed by atoms with Gasteiger partial charge in [-0.25, -0.2) is 0 Å². The summed E-state index contributed by atoms with van der Waals surface area (Å²) in [4.78, 5) is 13.1. The third-order valence-corrected chi connectivity index (χ3v) is 2.29. The quantitative estimate of drug-likeness (QED) is 0.749. The summed E-state index contributed by atoms with van der Waals surface area (Å²) in [7, 11) is 0. The molecule has 0 bridgehead atoms. The molecule has 0 unspecified atom stereocenters. The molecule has 0 spiro atoms. The van der Waals surface area contributed by atoms with Gasteiger partial charge in [0.05, 0.1) is 6.61 Å². The number of H-pyrrole nitrogens is 1. The number of thiazole rings is 1. The average molecular weight is 256 g/mol. The third-order valence-electron chi connectivity index (χ3n) is 1.58. The van der Waals surface area contributed by atoms with E-state index in [1.54, 1.807) is 5.38 Å². The molecule has 0 aromatic carbocycles. The summed E-state index contributed by atoms with van der Waals surface area (Å²) in [5.74, 6) is 0. The topological polar surface area (TPSA) is 54.1 Å². The van der Waals surface area contributed by atoms with Crippen molar-refractivity contribution in [1.82, 2.24) is 10.3 Å². The molecule has 8 heteroatoms. The Morgan fingerprint density at radius 2 is 2.25 bits per heavy atom. The maximum Gasteiger partial charge on any atom is 0.411 e. The van der Waals surface area contributed by atoms with Crippen molar-refractivity contribution in [3.8, 4) is 0 Å². The second kappa shape index (κ2) is 6.02. The highest BCUT2D eigenvalue weighted by Gasteiger charge is 2.27. The first-order valence-corrected chi connectivity index (χ1v) is 5.37. The van der Waals surface area contributed by atoms with E-state index in [4.69, 9.17) is 0 Å². The van der Waals surface area contributed by atoms with E-state index in [0.29, 0.717) is 18.8 Å². The van der Waals surface area contributed by atoms with Crippen LogP contribution in [0.4, 0.5) is 13.2 Å². The largest absolute Gasteiger partial charge is 0.411 e. The van der Waals surface area contributed by atoms with Crippen molar-refractivity contribution in [2.75, 3.05) is 19.8 Å². The monoisotopic (exact) mass is 256 g/mol. The lowest BCUT2D eigenvalue weighted by Gasteiger charge is -2.07. The van der Waals surface area contributed by atoms with Gasteiger partial charge in [-0.15, -0.1) is 0 Å². The van der Waals surface area contributed by atoms with Gasteiger partial charge in [-0.05, 0) is 0 Å². The molecular formula is C8H11F3N2O2S. The van der Waals surface area contributed by atoms with E-state index < -0.39 is 12.8 Å². The highest BCUT2D eigenvalue weighted by molar-refractivity contribution is 7.07. The van der Waals surface area contributed by atoms with Crippen LogP contribution in [0.25, 0.3) is 0 Å². The van der Waals surface area contributed by atoms with Gasteiger partial charge >= 0.3 is 11.0 Å². The molecule has 0 aliphatic heterocycles. The molecule has 0 radical (unpaired) electrons. The van der Waals surface area contributed by atoms with Crippen molar-refractivity contribution >= 4 is 11.3 Å². The number of hydrogen-bond acceptors (Lipinski definition) is 4. The normalized spacial score (nSPS) is 11.9. The second-order valence-corrected chi connectivity index (χ2v) is 3.86. The molecule has 1 rings (SSSR count). The van der Waals surface area contributed by atoms with Crippen LogP contribution in [-0.2, 0) is 11.3 Å². The summed E-state index contributed by atoms with van der Waals surface area (Å²) < 4.78 is 39.3. The highest BCUT2D eigenvalue weighted by Crippen LogP contribution is 2.13. The summed E-state index contributed by atoms with van der Waals surface area (Å²) in [6.07, 6.45) is -4.28. The van der Waals surface area contributed by atoms with Gasteiger partial charge in [0.1, 0.15) is 6.61 Å². The third kappa shape index (κ3) is 5.89. The predicted molar refractivity (Wildman–Crippen MR) is 53.5 cm³/mol. The van der Waals surface area contributed by atoms with E-state index in [-0.39, 0.29) is 11.5 Å². The minimum atomic E-state index is -4.28. The molecule has 16 heavy (non-hydrogen) atoms. The van der Waals surface area contributed by atoms with Crippen LogP contribution < -0.4 is 10.2 Å². The molecular weight excluding hydrogens is 245 g/mol. The fraction of sp³-hybridized carbons (Fsp3) is 0.625. The number of rotatable bonds is 6. The van der Waals surface area contributed by atoms with E-state index in [2.05, 4.69) is 15.0 Å². The Morgan fingerprint density at radius 1 is 1.50 bits per heavy atom. The zero-order chi connectivity index (χ0) is 12.0. The van der Waals surface area contributed by atoms with Gasteiger partial charge < -0.3 is 15.0 Å². The highest BCUT2D eigenvalue weighted by atomic mass is 32.1. The lowest BCUT2D eigenvalue weighted by molar-refractivity contribution is -0.173. The Balaban J connectivity index is 2.02. The molecule has 2 N–H and O–H groups in total. The Bertz CT molecular complexity index is 361. The molecule has 0 aliphatic carbocycles. The van der Waals surface area contributed by atoms with Gasteiger partial charge in [-0.3, -0.25) is 4.79 Å². The van der Waals surface area contributed by atoms with Gasteiger partial charge in [-0.2, -0.15) is 13.2 Å². The van der Waals surface area contributed by atoms with Crippen molar-refractivity contribution in [2.45, 2.75) is 12.7 Å². The average Bonchev–Trinajstić information content (AvgIpc) is 2.56. The van der Waals surface area contributed by atoms with Crippen molar-refractivity contribution in [3.63, 3.8) is 0 Å². The lowest BCUT2D eigenvalue weighted by Crippen LogP contribution is -2.23. The molecule has 1 aromatic heterocycles. The maximum absolute atomic E-state index is 11.6. The molecule has 4 nitrogen and oxygen atoms in total. The zero-order valence-electron chi connectivity index (χ0n) is 8.26. The standard InChI is InChI=1S/C8H11F3N2O2S/c9-8(10,11)5-15-2-1-12-3-6-4-16-7(14)13-6/h4,12H,1-3,5H2,(H,13,14). The maximum atomic E-state index is 11.6. The Morgan fingerprint density at radius 3 is 2.81 bits per heavy atom. The fourth-order valence-corrected chi connectivity index (χ4v) is 1.54. The molecule has 0 saturated carbocycles. The Labute approximate surface area is 93.4 Å². The number of nitrogens with one attached hydrogen (secondary N) is 2. The number of aromatic nitrogens is 1. The van der Waals surface area contributed by atoms with Crippen LogP contribution in [0.2, 0.25) is 0 Å². The van der Waals surface area contributed by atoms with Gasteiger partial charge in [0.25, 0.3) is 0 Å². The van der Waals surface area contributed by atoms with E-state index >= 15 is 0 Å². The molecule has 0 atom stereocenters. The number of ether oxygens (including phenoxy) is 1. The summed E-state index contributed by atoms with van der Waals surface area (Å²) in [5.41, 5.74) is 0.714. The van der Waals surface area contributed by atoms with Crippen LogP contribution in [0.5, 0.6) is 0 Å². The minimum absolute atomic E-state index is 0.0200. The molecule has 1 aromatic rings. The van der Waals surface area contributed by atoms with Crippen molar-refractivity contribution in [3.05, 3.63) is 20.7 Å². The van der Waals surface area contributed by atoms with Crippen molar-refractivity contribution in [2.24, 2.45) is 0 Å². The fourth-order valence-electron chi connectivity index (χ4n) is 0.956. The van der Waals surface area contributed by atoms with E-state index in [9.17, 15) is 18.0 Å². The van der Waals surface area contributed by atoms with Gasteiger partial charge in [0.2, 0.25) is 0 Å². The van der Waals surface area contributed by atoms with E-state index in [1.807, 2.05) is 0 Å². The summed E-state index contributed by atoms with van der Waals surface area (Å²) >= 11 is 1.04. The van der Waals surface area contributed by atoms with Gasteiger partial charge in [-0.1, -0.05) is 11.3 Å². The van der Waals surface area contributed by atoms with Crippen LogP contribution in [0.15, 0.2) is 10.2 Å². The zero-order valence-corrected chi connectivity index (χ0v) is 9.08. The van der Waals surface area contributed by atoms with E-state index in [0.717, 1.165) is 11.3 Å². The number of hydrogen-bond donors (Lipinski definition) is 2. The van der Waals surface area contributed by atoms with Gasteiger partial charge in [0.15, 0.2) is 0 Å². The molecule has 92 valence electrons. The molecule has 0 aliphatic rings. The smallest absolute Gasteiger partial charge is 0.371 e. The number of halogens is 3. The minimum Gasteiger partial charge on any atom is -0.371 e. The SMILES string of the molecule is O=c1[nH]c(CNCCOCC(F)(F)F)cs1. The van der Waals surface area contributed by atoms with Crippen LogP contribution >= 0.6 is 11.3 Å². The first-order chi connectivity index (χ1) is 7.47. The van der Waals surface area contributed by atoms with Gasteiger partial charge in [0, 0.05) is 24.2 Å². The van der Waals surface area contributed by atoms with Crippen LogP contribution in [-0.4, -0.2) is 30.9 Å². The molecule has 0 fully saturated rings. The number of aromatic amines is 1. The van der Waals surface area contributed by atoms with Crippen LogP contribution in [0.3, 0.4) is 0 Å². The Hall–Kier alpha value is -0.860.